The van der Waals surface area contributed by atoms with Crippen LogP contribution in [0, 0.1) is 0 Å². The third-order valence-corrected chi connectivity index (χ3v) is 15.0. The van der Waals surface area contributed by atoms with Crippen LogP contribution in [-0.2, 0) is 5.41 Å². The number of hydrogen-bond acceptors (Lipinski definition) is 1. The highest BCUT2D eigenvalue weighted by Gasteiger charge is 2.46. The molecule has 12 aromatic carbocycles. The summed E-state index contributed by atoms with van der Waals surface area (Å²) in [5.74, 6) is 0. The fourth-order valence-corrected chi connectivity index (χ4v) is 11.9. The topological polar surface area (TPSA) is 8.17 Å². The molecule has 1 heterocycles. The van der Waals surface area contributed by atoms with Crippen molar-refractivity contribution < 1.29 is 0 Å². The number of fused-ring (bicyclic) bond motifs is 9. The number of rotatable bonds is 8. The molecule has 0 saturated heterocycles. The molecule has 1 unspecified atom stereocenters. The Morgan fingerprint density at radius 1 is 0.296 bits per heavy atom. The molecule has 14 rings (SSSR count). The van der Waals surface area contributed by atoms with Crippen LogP contribution in [-0.4, -0.2) is 4.57 Å². The van der Waals surface area contributed by atoms with Crippen molar-refractivity contribution in [3.05, 3.63) is 301 Å². The molecule has 71 heavy (non-hydrogen) atoms. The van der Waals surface area contributed by atoms with Gasteiger partial charge in [0.25, 0.3) is 0 Å². The molecule has 0 amide bonds. The van der Waals surface area contributed by atoms with Crippen LogP contribution in [0.5, 0.6) is 0 Å². The van der Waals surface area contributed by atoms with Gasteiger partial charge in [0.15, 0.2) is 0 Å². The third kappa shape index (κ3) is 6.42. The molecule has 0 spiro atoms. The smallest absolute Gasteiger partial charge is 0.0714 e. The summed E-state index contributed by atoms with van der Waals surface area (Å²) in [4.78, 5) is 2.48. The Kier molecular flexibility index (Phi) is 9.47. The van der Waals surface area contributed by atoms with E-state index in [4.69, 9.17) is 0 Å². The van der Waals surface area contributed by atoms with Gasteiger partial charge < -0.3 is 9.47 Å². The minimum Gasteiger partial charge on any atom is -0.310 e. The highest BCUT2D eigenvalue weighted by Crippen LogP contribution is 2.58. The van der Waals surface area contributed by atoms with Gasteiger partial charge in [0.2, 0.25) is 0 Å². The maximum atomic E-state index is 2.52. The molecule has 1 aromatic heterocycles. The molecule has 13 aromatic rings. The first-order chi connectivity index (χ1) is 35.2. The minimum atomic E-state index is -0.609. The lowest BCUT2D eigenvalue weighted by atomic mass is 9.67. The Labute approximate surface area is 413 Å². The maximum Gasteiger partial charge on any atom is 0.0714 e. The second kappa shape index (κ2) is 16.5. The molecule has 0 N–H and O–H groups in total. The van der Waals surface area contributed by atoms with Crippen molar-refractivity contribution in [2.24, 2.45) is 0 Å². The van der Waals surface area contributed by atoms with E-state index in [1.807, 2.05) is 0 Å². The first-order valence-corrected chi connectivity index (χ1v) is 24.6. The average molecular weight is 903 g/mol. The van der Waals surface area contributed by atoms with Gasteiger partial charge >= 0.3 is 0 Å². The van der Waals surface area contributed by atoms with Crippen LogP contribution in [0.1, 0.15) is 22.3 Å². The van der Waals surface area contributed by atoms with Crippen molar-refractivity contribution in [1.29, 1.82) is 0 Å². The molecule has 1 atom stereocenters. The predicted octanol–water partition coefficient (Wildman–Crippen LogP) is 18.3. The molecule has 0 bridgehead atoms. The van der Waals surface area contributed by atoms with E-state index in [9.17, 15) is 0 Å². The Morgan fingerprint density at radius 2 is 0.859 bits per heavy atom. The monoisotopic (exact) mass is 902 g/mol. The minimum absolute atomic E-state index is 0.609. The normalized spacial score (nSPS) is 14.0. The van der Waals surface area contributed by atoms with Gasteiger partial charge in [-0.2, -0.15) is 0 Å². The van der Waals surface area contributed by atoms with Crippen LogP contribution < -0.4 is 4.90 Å². The number of nitrogens with zero attached hydrogens (tertiary/aromatic N) is 2. The second-order valence-corrected chi connectivity index (χ2v) is 18.8. The molecule has 2 nitrogen and oxygen atoms in total. The first-order valence-electron chi connectivity index (χ1n) is 24.6. The summed E-state index contributed by atoms with van der Waals surface area (Å²) in [5, 5.41) is 7.28. The zero-order valence-corrected chi connectivity index (χ0v) is 39.0. The van der Waals surface area contributed by atoms with Crippen molar-refractivity contribution in [2.45, 2.75) is 5.41 Å². The summed E-state index contributed by atoms with van der Waals surface area (Å²) in [5.41, 5.74) is 18.4. The molecule has 0 fully saturated rings. The van der Waals surface area contributed by atoms with Crippen molar-refractivity contribution in [2.75, 3.05) is 4.90 Å². The SMILES string of the molecule is c1ccc(-c2cccc(C3(c4ccccc4)c4ccccc4-c4ccc(N(c5ccc6ccccc6c5)c5ccc6c7ccc8ccccc8c7n(-c7ccccc7-c7ccccc7)c6c5)cc43)c2)cc1. The quantitative estimate of drug-likeness (QED) is 0.147. The molecular formula is C69H46N2. The summed E-state index contributed by atoms with van der Waals surface area (Å²) in [6, 6.07) is 103. The Bertz CT molecular complexity index is 4170. The van der Waals surface area contributed by atoms with Crippen LogP contribution in [0.4, 0.5) is 17.1 Å². The van der Waals surface area contributed by atoms with Crippen LogP contribution in [0.25, 0.3) is 82.4 Å². The van der Waals surface area contributed by atoms with Gasteiger partial charge in [-0.3, -0.25) is 0 Å². The molecular weight excluding hydrogens is 857 g/mol. The Hall–Kier alpha value is -9.24. The summed E-state index contributed by atoms with van der Waals surface area (Å²) in [7, 11) is 0. The van der Waals surface area contributed by atoms with E-state index in [0.29, 0.717) is 0 Å². The predicted molar refractivity (Wildman–Crippen MR) is 299 cm³/mol. The van der Waals surface area contributed by atoms with Crippen LogP contribution in [0.15, 0.2) is 279 Å². The van der Waals surface area contributed by atoms with E-state index >= 15 is 0 Å². The highest BCUT2D eigenvalue weighted by atomic mass is 15.1. The van der Waals surface area contributed by atoms with Gasteiger partial charge in [-0.1, -0.05) is 231 Å². The van der Waals surface area contributed by atoms with Crippen LogP contribution in [0.2, 0.25) is 0 Å². The van der Waals surface area contributed by atoms with Gasteiger partial charge in [-0.05, 0) is 115 Å². The van der Waals surface area contributed by atoms with E-state index < -0.39 is 5.41 Å². The van der Waals surface area contributed by atoms with E-state index in [2.05, 4.69) is 289 Å². The van der Waals surface area contributed by atoms with E-state index in [1.54, 1.807) is 0 Å². The van der Waals surface area contributed by atoms with Crippen LogP contribution in [0.3, 0.4) is 0 Å². The largest absolute Gasteiger partial charge is 0.310 e. The van der Waals surface area contributed by atoms with Gasteiger partial charge in [0.1, 0.15) is 0 Å². The van der Waals surface area contributed by atoms with Crippen molar-refractivity contribution >= 4 is 60.4 Å². The third-order valence-electron chi connectivity index (χ3n) is 15.0. The average Bonchev–Trinajstić information content (AvgIpc) is 3.95. The zero-order valence-electron chi connectivity index (χ0n) is 39.0. The summed E-state index contributed by atoms with van der Waals surface area (Å²) in [6.07, 6.45) is 0. The number of para-hydroxylation sites is 1. The molecule has 0 radical (unpaired) electrons. The summed E-state index contributed by atoms with van der Waals surface area (Å²) in [6.45, 7) is 0. The number of anilines is 3. The van der Waals surface area contributed by atoms with Gasteiger partial charge in [0.05, 0.1) is 22.1 Å². The molecule has 1 aliphatic rings. The number of aromatic nitrogens is 1. The van der Waals surface area contributed by atoms with E-state index in [1.165, 1.54) is 93.5 Å². The number of hydrogen-bond donors (Lipinski definition) is 0. The fourth-order valence-electron chi connectivity index (χ4n) is 11.9. The molecule has 2 heteroatoms. The van der Waals surface area contributed by atoms with E-state index in [-0.39, 0.29) is 0 Å². The highest BCUT2D eigenvalue weighted by molar-refractivity contribution is 6.19. The Balaban J connectivity index is 1.06. The van der Waals surface area contributed by atoms with E-state index in [0.717, 1.165) is 28.3 Å². The number of benzene rings is 12. The van der Waals surface area contributed by atoms with Crippen LogP contribution >= 0.6 is 0 Å². The summed E-state index contributed by atoms with van der Waals surface area (Å²) >= 11 is 0. The first kappa shape index (κ1) is 40.8. The lowest BCUT2D eigenvalue weighted by Crippen LogP contribution is -2.29. The van der Waals surface area contributed by atoms with Crippen molar-refractivity contribution in [1.82, 2.24) is 4.57 Å². The van der Waals surface area contributed by atoms with Gasteiger partial charge in [-0.15, -0.1) is 0 Å². The fraction of sp³-hybridized carbons (Fsp3) is 0.0145. The second-order valence-electron chi connectivity index (χ2n) is 18.8. The molecule has 332 valence electrons. The Morgan fingerprint density at radius 3 is 1.69 bits per heavy atom. The van der Waals surface area contributed by atoms with Gasteiger partial charge in [-0.25, -0.2) is 0 Å². The molecule has 0 aliphatic heterocycles. The maximum absolute atomic E-state index is 2.52. The van der Waals surface area contributed by atoms with Crippen molar-refractivity contribution in [3.8, 4) is 39.1 Å². The molecule has 1 aliphatic carbocycles. The van der Waals surface area contributed by atoms with Crippen molar-refractivity contribution in [3.63, 3.8) is 0 Å². The lowest BCUT2D eigenvalue weighted by molar-refractivity contribution is 0.769. The van der Waals surface area contributed by atoms with Gasteiger partial charge in [0, 0.05) is 38.8 Å². The zero-order chi connectivity index (χ0) is 46.9. The lowest BCUT2D eigenvalue weighted by Gasteiger charge is -2.35. The standard InChI is InChI=1S/C69H46N2/c1-4-19-47(20-5-1)51-26-18-29-54(43-51)69(53-27-8-3-9-28-53)64-33-16-14-32-60(64)61-41-38-56(45-65(61)69)70(55-37-35-48-21-10-11-25-52(48)44-55)57-39-42-62-63-40-36-50-24-12-13-31-59(50)68(63)71(67(62)46-57)66-34-17-15-30-58(66)49-22-6-2-7-23-49/h1-46H. The molecule has 0 saturated carbocycles. The summed E-state index contributed by atoms with van der Waals surface area (Å²) < 4.78 is 2.52.